The predicted octanol–water partition coefficient (Wildman–Crippen LogP) is 2.88. The third-order valence-corrected chi connectivity index (χ3v) is 4.30. The van der Waals surface area contributed by atoms with Gasteiger partial charge in [0, 0.05) is 13.1 Å². The molecule has 1 aliphatic heterocycles. The molecule has 1 saturated heterocycles. The van der Waals surface area contributed by atoms with Crippen LogP contribution in [0.2, 0.25) is 0 Å². The van der Waals surface area contributed by atoms with E-state index in [9.17, 15) is 22.8 Å². The second-order valence-corrected chi connectivity index (χ2v) is 6.12. The number of amides is 1. The Balaban J connectivity index is 2.06. The number of carbonyl (C=O) groups is 2. The van der Waals surface area contributed by atoms with Crippen molar-refractivity contribution in [3.63, 3.8) is 0 Å². The molecule has 1 aromatic rings. The third-order valence-electron chi connectivity index (χ3n) is 4.30. The molecule has 1 fully saturated rings. The van der Waals surface area contributed by atoms with Gasteiger partial charge in [0.15, 0.2) is 5.41 Å². The first-order chi connectivity index (χ1) is 11.7. The lowest BCUT2D eigenvalue weighted by molar-refractivity contribution is -0.227. The molecule has 5 nitrogen and oxygen atoms in total. The number of carbonyl (C=O) groups excluding carboxylic acids is 1. The van der Waals surface area contributed by atoms with Gasteiger partial charge >= 0.3 is 12.1 Å². The molecule has 0 spiro atoms. The van der Waals surface area contributed by atoms with E-state index in [1.807, 2.05) is 6.92 Å². The summed E-state index contributed by atoms with van der Waals surface area (Å²) in [6, 6.07) is 6.78. The standard InChI is InChI=1S/C17H20F3NO4/c1-2-8-25-13-5-3-4-12(9-13)10-14(22)21-7-6-16(11-21,15(23)24)17(18,19)20/h3-5,9H,2,6-8,10-11H2,1H3,(H,23,24). The quantitative estimate of drug-likeness (QED) is 0.848. The van der Waals surface area contributed by atoms with E-state index in [0.29, 0.717) is 17.9 Å². The molecule has 0 saturated carbocycles. The Morgan fingerprint density at radius 3 is 2.64 bits per heavy atom. The van der Waals surface area contributed by atoms with Crippen molar-refractivity contribution in [2.24, 2.45) is 5.41 Å². The zero-order chi connectivity index (χ0) is 18.7. The molecule has 1 aromatic carbocycles. The molecule has 1 heterocycles. The molecule has 0 aromatic heterocycles. The number of alkyl halides is 3. The van der Waals surface area contributed by atoms with Gasteiger partial charge in [-0.25, -0.2) is 0 Å². The monoisotopic (exact) mass is 359 g/mol. The summed E-state index contributed by atoms with van der Waals surface area (Å²) in [7, 11) is 0. The van der Waals surface area contributed by atoms with Crippen molar-refractivity contribution in [1.29, 1.82) is 0 Å². The van der Waals surface area contributed by atoms with Crippen LogP contribution in [0.25, 0.3) is 0 Å². The highest BCUT2D eigenvalue weighted by molar-refractivity contribution is 5.82. The van der Waals surface area contributed by atoms with Gasteiger partial charge in [-0.1, -0.05) is 19.1 Å². The van der Waals surface area contributed by atoms with Crippen molar-refractivity contribution in [1.82, 2.24) is 4.90 Å². The summed E-state index contributed by atoms with van der Waals surface area (Å²) < 4.78 is 45.0. The number of carboxylic acids is 1. The molecule has 1 amide bonds. The lowest BCUT2D eigenvalue weighted by atomic mass is 9.86. The first-order valence-corrected chi connectivity index (χ1v) is 7.99. The summed E-state index contributed by atoms with van der Waals surface area (Å²) in [6.45, 7) is 1.40. The number of aliphatic carboxylic acids is 1. The van der Waals surface area contributed by atoms with Gasteiger partial charge in [-0.2, -0.15) is 13.2 Å². The second-order valence-electron chi connectivity index (χ2n) is 6.12. The van der Waals surface area contributed by atoms with Gasteiger partial charge in [0.1, 0.15) is 5.75 Å². The van der Waals surface area contributed by atoms with E-state index < -0.39 is 36.4 Å². The summed E-state index contributed by atoms with van der Waals surface area (Å²) >= 11 is 0. The SMILES string of the molecule is CCCOc1cccc(CC(=O)N2CCC(C(=O)O)(C(F)(F)F)C2)c1. The topological polar surface area (TPSA) is 66.8 Å². The summed E-state index contributed by atoms with van der Waals surface area (Å²) in [5, 5.41) is 9.03. The molecule has 0 radical (unpaired) electrons. The fourth-order valence-electron chi connectivity index (χ4n) is 2.80. The van der Waals surface area contributed by atoms with Crippen molar-refractivity contribution in [3.05, 3.63) is 29.8 Å². The summed E-state index contributed by atoms with van der Waals surface area (Å²) in [6.07, 6.45) is -4.80. The molecular formula is C17H20F3NO4. The Morgan fingerprint density at radius 2 is 2.08 bits per heavy atom. The second kappa shape index (κ2) is 7.33. The van der Waals surface area contributed by atoms with Gasteiger partial charge in [0.05, 0.1) is 13.0 Å². The largest absolute Gasteiger partial charge is 0.494 e. The highest BCUT2D eigenvalue weighted by Crippen LogP contribution is 2.45. The molecule has 0 bridgehead atoms. The fourth-order valence-corrected chi connectivity index (χ4v) is 2.80. The molecule has 1 N–H and O–H groups in total. The van der Waals surface area contributed by atoms with E-state index >= 15 is 0 Å². The zero-order valence-corrected chi connectivity index (χ0v) is 13.8. The first kappa shape index (κ1) is 19.1. The van der Waals surface area contributed by atoms with Crippen LogP contribution in [0, 0.1) is 5.41 Å². The minimum Gasteiger partial charge on any atom is -0.494 e. The van der Waals surface area contributed by atoms with E-state index in [4.69, 9.17) is 9.84 Å². The van der Waals surface area contributed by atoms with Crippen LogP contribution < -0.4 is 4.74 Å². The van der Waals surface area contributed by atoms with Crippen molar-refractivity contribution < 1.29 is 32.6 Å². The molecular weight excluding hydrogens is 339 g/mol. The first-order valence-electron chi connectivity index (χ1n) is 7.99. The zero-order valence-electron chi connectivity index (χ0n) is 13.8. The van der Waals surface area contributed by atoms with Crippen molar-refractivity contribution in [2.75, 3.05) is 19.7 Å². The summed E-state index contributed by atoms with van der Waals surface area (Å²) in [5.41, 5.74) is -2.27. The average molecular weight is 359 g/mol. The van der Waals surface area contributed by atoms with Crippen LogP contribution in [0.5, 0.6) is 5.75 Å². The highest BCUT2D eigenvalue weighted by Gasteiger charge is 2.64. The maximum absolute atomic E-state index is 13.2. The number of hydrogen-bond donors (Lipinski definition) is 1. The molecule has 25 heavy (non-hydrogen) atoms. The molecule has 0 aliphatic carbocycles. The van der Waals surface area contributed by atoms with E-state index in [-0.39, 0.29) is 13.0 Å². The van der Waals surface area contributed by atoms with Crippen molar-refractivity contribution in [3.8, 4) is 5.75 Å². The molecule has 1 unspecified atom stereocenters. The Kier molecular flexibility index (Phi) is 5.59. The van der Waals surface area contributed by atoms with Crippen LogP contribution in [-0.2, 0) is 16.0 Å². The van der Waals surface area contributed by atoms with Crippen LogP contribution in [-0.4, -0.2) is 47.8 Å². The number of ether oxygens (including phenoxy) is 1. The van der Waals surface area contributed by atoms with Crippen LogP contribution >= 0.6 is 0 Å². The van der Waals surface area contributed by atoms with E-state index in [1.165, 1.54) is 0 Å². The van der Waals surface area contributed by atoms with E-state index in [1.54, 1.807) is 24.3 Å². The third kappa shape index (κ3) is 4.05. The number of halogens is 3. The van der Waals surface area contributed by atoms with Crippen molar-refractivity contribution in [2.45, 2.75) is 32.4 Å². The Morgan fingerprint density at radius 1 is 1.36 bits per heavy atom. The van der Waals surface area contributed by atoms with Gasteiger partial charge in [-0.05, 0) is 30.5 Å². The number of benzene rings is 1. The van der Waals surface area contributed by atoms with Gasteiger partial charge in [-0.15, -0.1) is 0 Å². The number of carboxylic acid groups (broad SMARTS) is 1. The van der Waals surface area contributed by atoms with Crippen LogP contribution in [0.4, 0.5) is 13.2 Å². The van der Waals surface area contributed by atoms with Crippen molar-refractivity contribution >= 4 is 11.9 Å². The lowest BCUT2D eigenvalue weighted by Gasteiger charge is -2.27. The van der Waals surface area contributed by atoms with E-state index in [0.717, 1.165) is 11.3 Å². The smallest absolute Gasteiger partial charge is 0.406 e. The van der Waals surface area contributed by atoms with Crippen LogP contribution in [0.15, 0.2) is 24.3 Å². The number of likely N-dealkylation sites (tertiary alicyclic amines) is 1. The number of hydrogen-bond acceptors (Lipinski definition) is 3. The molecule has 8 heteroatoms. The molecule has 1 atom stereocenters. The van der Waals surface area contributed by atoms with Gasteiger partial charge < -0.3 is 14.7 Å². The minimum atomic E-state index is -4.90. The molecule has 2 rings (SSSR count). The Bertz CT molecular complexity index is 647. The maximum Gasteiger partial charge on any atom is 0.406 e. The van der Waals surface area contributed by atoms with Crippen LogP contribution in [0.3, 0.4) is 0 Å². The average Bonchev–Trinajstić information content (AvgIpc) is 3.00. The van der Waals surface area contributed by atoms with Gasteiger partial charge in [-0.3, -0.25) is 9.59 Å². The normalized spacial score (nSPS) is 20.6. The summed E-state index contributed by atoms with van der Waals surface area (Å²) in [4.78, 5) is 24.4. The Hall–Kier alpha value is -2.25. The van der Waals surface area contributed by atoms with Crippen LogP contribution in [0.1, 0.15) is 25.3 Å². The van der Waals surface area contributed by atoms with Gasteiger partial charge in [0.2, 0.25) is 5.91 Å². The molecule has 1 aliphatic rings. The fraction of sp³-hybridized carbons (Fsp3) is 0.529. The van der Waals surface area contributed by atoms with Gasteiger partial charge in [0.25, 0.3) is 0 Å². The number of rotatable bonds is 6. The minimum absolute atomic E-state index is 0.100. The van der Waals surface area contributed by atoms with E-state index in [2.05, 4.69) is 0 Å². The molecule has 138 valence electrons. The number of nitrogens with zero attached hydrogens (tertiary/aromatic N) is 1. The maximum atomic E-state index is 13.2. The highest BCUT2D eigenvalue weighted by atomic mass is 19.4. The lowest BCUT2D eigenvalue weighted by Crippen LogP contribution is -2.47. The summed E-state index contributed by atoms with van der Waals surface area (Å²) in [5.74, 6) is -1.88. The Labute approximate surface area is 143 Å². The predicted molar refractivity (Wildman–Crippen MR) is 83.3 cm³/mol.